The highest BCUT2D eigenvalue weighted by atomic mass is 32.1. The lowest BCUT2D eigenvalue weighted by Gasteiger charge is -2.39. The maximum Gasteiger partial charge on any atom is 0.219 e. The van der Waals surface area contributed by atoms with E-state index in [1.54, 1.807) is 23.7 Å². The Morgan fingerprint density at radius 3 is 2.49 bits per heavy atom. The van der Waals surface area contributed by atoms with Gasteiger partial charge in [-0.3, -0.25) is 14.7 Å². The average Bonchev–Trinajstić information content (AvgIpc) is 3.28. The molecule has 2 N–H and O–H groups in total. The van der Waals surface area contributed by atoms with Gasteiger partial charge < -0.3 is 20.2 Å². The Balaban J connectivity index is 1.39. The molecule has 0 aromatic carbocycles. The Bertz CT molecular complexity index is 1160. The van der Waals surface area contributed by atoms with Crippen LogP contribution in [0.4, 0.5) is 11.8 Å². The van der Waals surface area contributed by atoms with Gasteiger partial charge in [0.15, 0.2) is 17.9 Å². The first-order chi connectivity index (χ1) is 17.0. The Hall–Kier alpha value is -2.77. The molecule has 0 radical (unpaired) electrons. The Kier molecular flexibility index (Phi) is 7.16. The predicted octanol–water partition coefficient (Wildman–Crippen LogP) is 0.771. The van der Waals surface area contributed by atoms with Crippen molar-refractivity contribution in [3.63, 3.8) is 0 Å². The molecule has 0 spiro atoms. The highest BCUT2D eigenvalue weighted by Crippen LogP contribution is 2.35. The van der Waals surface area contributed by atoms with Crippen molar-refractivity contribution < 1.29 is 9.53 Å². The molecule has 1 atom stereocenters. The number of aldehydes is 1. The second-order valence-electron chi connectivity index (χ2n) is 9.05. The van der Waals surface area contributed by atoms with Crippen molar-refractivity contribution in [3.05, 3.63) is 23.3 Å². The summed E-state index contributed by atoms with van der Waals surface area (Å²) in [5.74, 6) is 1.76. The third kappa shape index (κ3) is 5.26. The Morgan fingerprint density at radius 2 is 1.83 bits per heavy atom. The molecule has 0 amide bonds. The summed E-state index contributed by atoms with van der Waals surface area (Å²) in [6, 6.07) is 2.17. The minimum atomic E-state index is -0.163. The van der Waals surface area contributed by atoms with E-state index in [-0.39, 0.29) is 12.1 Å². The van der Waals surface area contributed by atoms with E-state index in [2.05, 4.69) is 30.7 Å². The number of nitrogens with zero attached hydrogens (tertiary/aromatic N) is 8. The number of aromatic nitrogens is 4. The molecule has 2 aliphatic rings. The van der Waals surface area contributed by atoms with Gasteiger partial charge in [-0.2, -0.15) is 0 Å². The van der Waals surface area contributed by atoms with Crippen molar-refractivity contribution in [2.24, 2.45) is 0 Å². The molecule has 1 unspecified atom stereocenters. The Morgan fingerprint density at radius 1 is 1.11 bits per heavy atom. The summed E-state index contributed by atoms with van der Waals surface area (Å²) in [6.07, 6.45) is 4.19. The number of likely N-dealkylation sites (N-methyl/N-ethyl adjacent to an activating group) is 1. The topological polar surface area (TPSA) is 117 Å². The van der Waals surface area contributed by atoms with Gasteiger partial charge in [-0.15, -0.1) is 11.3 Å². The van der Waals surface area contributed by atoms with E-state index in [0.29, 0.717) is 19.0 Å². The van der Waals surface area contributed by atoms with Crippen LogP contribution in [-0.4, -0.2) is 114 Å². The Labute approximate surface area is 208 Å². The smallest absolute Gasteiger partial charge is 0.219 e. The number of anilines is 2. The first-order valence-corrected chi connectivity index (χ1v) is 12.6. The van der Waals surface area contributed by atoms with Crippen molar-refractivity contribution >= 4 is 39.6 Å². The molecule has 11 nitrogen and oxygen atoms in total. The summed E-state index contributed by atoms with van der Waals surface area (Å²) in [6.45, 7) is 7.38. The molecule has 2 aliphatic heterocycles. The molecule has 0 saturated carbocycles. The standard InChI is InChI=1S/C23H31N9O2S/c1-29(2)19(15-33)31-5-3-30(4-6-31)14-17-11-18-20(35-17)22(32-7-9-34-10-8-32)28-21(27-18)16-12-25-23(24)26-13-16/h11-13,15,19H,3-10,14H2,1-2H3,(H2,24,25,26). The molecule has 5 rings (SSSR count). The SMILES string of the molecule is CN(C)C(C=O)N1CCN(Cc2cc3nc(-c4cnc(N)nc4)nc(N4CCOCC4)c3s2)CC1. The van der Waals surface area contributed by atoms with Crippen molar-refractivity contribution in [1.82, 2.24) is 34.6 Å². The summed E-state index contributed by atoms with van der Waals surface area (Å²) >= 11 is 1.76. The number of carbonyl (C=O) groups excluding carboxylic acids is 1. The second kappa shape index (κ2) is 10.5. The van der Waals surface area contributed by atoms with Gasteiger partial charge in [-0.25, -0.2) is 19.9 Å². The van der Waals surface area contributed by atoms with E-state index in [4.69, 9.17) is 20.4 Å². The highest BCUT2D eigenvalue weighted by Gasteiger charge is 2.26. The van der Waals surface area contributed by atoms with E-state index in [9.17, 15) is 4.79 Å². The van der Waals surface area contributed by atoms with Gasteiger partial charge in [0.25, 0.3) is 0 Å². The highest BCUT2D eigenvalue weighted by molar-refractivity contribution is 7.19. The summed E-state index contributed by atoms with van der Waals surface area (Å²) in [5.41, 5.74) is 7.34. The zero-order valence-electron chi connectivity index (χ0n) is 20.1. The lowest BCUT2D eigenvalue weighted by molar-refractivity contribution is -0.118. The third-order valence-corrected chi connectivity index (χ3v) is 7.56. The molecule has 3 aromatic heterocycles. The van der Waals surface area contributed by atoms with Gasteiger partial charge in [0.05, 0.1) is 29.0 Å². The van der Waals surface area contributed by atoms with Crippen molar-refractivity contribution in [3.8, 4) is 11.4 Å². The number of hydrogen-bond donors (Lipinski definition) is 1. The average molecular weight is 498 g/mol. The van der Waals surface area contributed by atoms with Crippen LogP contribution in [-0.2, 0) is 16.1 Å². The molecular formula is C23H31N9O2S. The number of ether oxygens (including phenoxy) is 1. The number of nitrogen functional groups attached to an aromatic ring is 1. The number of nitrogens with two attached hydrogens (primary N) is 1. The van der Waals surface area contributed by atoms with Crippen LogP contribution in [0.25, 0.3) is 21.6 Å². The van der Waals surface area contributed by atoms with Crippen LogP contribution in [0.3, 0.4) is 0 Å². The van der Waals surface area contributed by atoms with E-state index < -0.39 is 0 Å². The number of morpholine rings is 1. The molecule has 2 saturated heterocycles. The molecule has 2 fully saturated rings. The molecule has 12 heteroatoms. The summed E-state index contributed by atoms with van der Waals surface area (Å²) in [4.78, 5) is 39.7. The zero-order chi connectivity index (χ0) is 24.4. The predicted molar refractivity (Wildman–Crippen MR) is 136 cm³/mol. The normalized spacial score (nSPS) is 18.9. The van der Waals surface area contributed by atoms with Crippen LogP contribution in [0.5, 0.6) is 0 Å². The van der Waals surface area contributed by atoms with Gasteiger partial charge in [0.2, 0.25) is 5.95 Å². The maximum atomic E-state index is 11.5. The van der Waals surface area contributed by atoms with Crippen LogP contribution < -0.4 is 10.6 Å². The fourth-order valence-corrected chi connectivity index (χ4v) is 5.71. The van der Waals surface area contributed by atoms with Gasteiger partial charge >= 0.3 is 0 Å². The molecule has 0 bridgehead atoms. The van der Waals surface area contributed by atoms with E-state index in [0.717, 1.165) is 73.7 Å². The van der Waals surface area contributed by atoms with Gasteiger partial charge in [0.1, 0.15) is 6.17 Å². The number of fused-ring (bicyclic) bond motifs is 1. The first-order valence-electron chi connectivity index (χ1n) is 11.8. The minimum Gasteiger partial charge on any atom is -0.378 e. The molecule has 5 heterocycles. The van der Waals surface area contributed by atoms with Gasteiger partial charge in [-0.1, -0.05) is 0 Å². The fourth-order valence-electron chi connectivity index (χ4n) is 4.56. The van der Waals surface area contributed by atoms with Crippen molar-refractivity contribution in [1.29, 1.82) is 0 Å². The van der Waals surface area contributed by atoms with Crippen LogP contribution in [0, 0.1) is 0 Å². The molecule has 35 heavy (non-hydrogen) atoms. The van der Waals surface area contributed by atoms with Crippen molar-refractivity contribution in [2.75, 3.05) is 77.2 Å². The summed E-state index contributed by atoms with van der Waals surface area (Å²) in [7, 11) is 3.89. The van der Waals surface area contributed by atoms with E-state index >= 15 is 0 Å². The number of rotatable bonds is 7. The quantitative estimate of drug-likeness (QED) is 0.467. The molecule has 0 aliphatic carbocycles. The third-order valence-electron chi connectivity index (χ3n) is 6.46. The number of piperazine rings is 1. The minimum absolute atomic E-state index is 0.163. The van der Waals surface area contributed by atoms with Crippen LogP contribution >= 0.6 is 11.3 Å². The van der Waals surface area contributed by atoms with Crippen LogP contribution in [0.2, 0.25) is 0 Å². The number of hydrogen-bond acceptors (Lipinski definition) is 12. The van der Waals surface area contributed by atoms with Crippen LogP contribution in [0.15, 0.2) is 18.5 Å². The second-order valence-corrected chi connectivity index (χ2v) is 10.2. The first kappa shape index (κ1) is 23.9. The maximum absolute atomic E-state index is 11.5. The van der Waals surface area contributed by atoms with E-state index in [1.165, 1.54) is 4.88 Å². The van der Waals surface area contributed by atoms with E-state index in [1.807, 2.05) is 19.0 Å². The summed E-state index contributed by atoms with van der Waals surface area (Å²) < 4.78 is 6.66. The fraction of sp³-hybridized carbons (Fsp3) is 0.522. The molecular weight excluding hydrogens is 466 g/mol. The zero-order valence-corrected chi connectivity index (χ0v) is 20.9. The molecule has 3 aromatic rings. The molecule has 186 valence electrons. The largest absolute Gasteiger partial charge is 0.378 e. The lowest BCUT2D eigenvalue weighted by Crippen LogP contribution is -2.54. The number of thiophene rings is 1. The monoisotopic (exact) mass is 497 g/mol. The van der Waals surface area contributed by atoms with Gasteiger partial charge in [-0.05, 0) is 20.2 Å². The summed E-state index contributed by atoms with van der Waals surface area (Å²) in [5, 5.41) is 0. The van der Waals surface area contributed by atoms with Crippen LogP contribution in [0.1, 0.15) is 4.88 Å². The lowest BCUT2D eigenvalue weighted by atomic mass is 10.2. The number of carbonyl (C=O) groups is 1. The van der Waals surface area contributed by atoms with Crippen molar-refractivity contribution in [2.45, 2.75) is 12.7 Å². The van der Waals surface area contributed by atoms with Gasteiger partial charge in [0, 0.05) is 63.1 Å².